The minimum absolute atomic E-state index is 0.118. The molecule has 0 radical (unpaired) electrons. The fourth-order valence-electron chi connectivity index (χ4n) is 3.43. The number of ether oxygens (including phenoxy) is 1. The largest absolute Gasteiger partial charge is 0.453 e. The molecule has 1 N–H and O–H groups in total. The maximum Gasteiger partial charge on any atom is 0.243 e. The van der Waals surface area contributed by atoms with E-state index in [2.05, 4.69) is 22.1 Å². The molecule has 1 aliphatic heterocycles. The number of amides is 1. The van der Waals surface area contributed by atoms with Gasteiger partial charge in [-0.15, -0.1) is 0 Å². The molecule has 1 fully saturated rings. The normalized spacial score (nSPS) is 15.4. The van der Waals surface area contributed by atoms with Crippen molar-refractivity contribution in [2.24, 2.45) is 5.92 Å². The number of hydrogen-bond donors (Lipinski definition) is 1. The fraction of sp³-hybridized carbons (Fsp3) is 0.417. The Labute approximate surface area is 178 Å². The molecule has 2 aromatic rings. The SMILES string of the molecule is CC1CCN(CCCCNC(=O)/C=C/c2ccc(Oc3cccnc3)c(F)c2)CC1. The molecule has 0 aliphatic carbocycles. The number of hydrogen-bond acceptors (Lipinski definition) is 4. The number of likely N-dealkylation sites (tertiary alicyclic amines) is 1. The third-order valence-electron chi connectivity index (χ3n) is 5.32. The highest BCUT2D eigenvalue weighted by Gasteiger charge is 2.14. The van der Waals surface area contributed by atoms with Gasteiger partial charge in [0.2, 0.25) is 5.91 Å². The first-order valence-corrected chi connectivity index (χ1v) is 10.7. The molecule has 0 bridgehead atoms. The zero-order chi connectivity index (χ0) is 21.2. The number of aromatic nitrogens is 1. The lowest BCUT2D eigenvalue weighted by Gasteiger charge is -2.30. The van der Waals surface area contributed by atoms with Gasteiger partial charge in [-0.1, -0.05) is 13.0 Å². The van der Waals surface area contributed by atoms with E-state index in [9.17, 15) is 9.18 Å². The van der Waals surface area contributed by atoms with Gasteiger partial charge in [0.05, 0.1) is 6.20 Å². The summed E-state index contributed by atoms with van der Waals surface area (Å²) >= 11 is 0. The van der Waals surface area contributed by atoms with Crippen molar-refractivity contribution in [3.63, 3.8) is 0 Å². The molecular weight excluding hydrogens is 381 g/mol. The summed E-state index contributed by atoms with van der Waals surface area (Å²) in [4.78, 5) is 18.4. The second-order valence-corrected chi connectivity index (χ2v) is 7.84. The monoisotopic (exact) mass is 411 g/mol. The molecular formula is C24H30FN3O2. The zero-order valence-corrected chi connectivity index (χ0v) is 17.5. The molecule has 1 aromatic carbocycles. The lowest BCUT2D eigenvalue weighted by atomic mass is 9.99. The number of pyridine rings is 1. The molecule has 1 amide bonds. The van der Waals surface area contributed by atoms with E-state index in [0.29, 0.717) is 17.9 Å². The molecule has 0 spiro atoms. The summed E-state index contributed by atoms with van der Waals surface area (Å²) in [6.07, 6.45) is 10.8. The van der Waals surface area contributed by atoms with E-state index in [1.807, 2.05) is 0 Å². The van der Waals surface area contributed by atoms with E-state index >= 15 is 0 Å². The van der Waals surface area contributed by atoms with E-state index in [1.165, 1.54) is 44.3 Å². The maximum atomic E-state index is 14.2. The molecule has 1 aromatic heterocycles. The van der Waals surface area contributed by atoms with Crippen molar-refractivity contribution in [3.8, 4) is 11.5 Å². The van der Waals surface area contributed by atoms with Gasteiger partial charge >= 0.3 is 0 Å². The van der Waals surface area contributed by atoms with Gasteiger partial charge in [0.1, 0.15) is 5.75 Å². The second-order valence-electron chi connectivity index (χ2n) is 7.84. The number of carbonyl (C=O) groups excluding carboxylic acids is 1. The quantitative estimate of drug-likeness (QED) is 0.482. The van der Waals surface area contributed by atoms with E-state index in [4.69, 9.17) is 4.74 Å². The Hall–Kier alpha value is -2.73. The predicted octanol–water partition coefficient (Wildman–Crippen LogP) is 4.65. The molecule has 160 valence electrons. The third-order valence-corrected chi connectivity index (χ3v) is 5.32. The number of unbranched alkanes of at least 4 members (excludes halogenated alkanes) is 1. The van der Waals surface area contributed by atoms with Gasteiger partial charge in [-0.05, 0) is 87.1 Å². The van der Waals surface area contributed by atoms with E-state index in [0.717, 1.165) is 25.3 Å². The average molecular weight is 412 g/mol. The van der Waals surface area contributed by atoms with Gasteiger partial charge in [-0.2, -0.15) is 0 Å². The Morgan fingerprint density at radius 3 is 2.87 bits per heavy atom. The standard InChI is InChI=1S/C24H30FN3O2/c1-19-10-15-28(16-11-19)14-3-2-13-27-24(29)9-7-20-6-8-23(22(25)17-20)30-21-5-4-12-26-18-21/h4-9,12,17-19H,2-3,10-11,13-16H2,1H3,(H,27,29)/b9-7+. The Kier molecular flexibility index (Phi) is 8.39. The van der Waals surface area contributed by atoms with Crippen LogP contribution in [0.5, 0.6) is 11.5 Å². The number of halogens is 1. The number of nitrogens with one attached hydrogen (secondary N) is 1. The van der Waals surface area contributed by atoms with Crippen molar-refractivity contribution in [1.82, 2.24) is 15.2 Å². The molecule has 1 saturated heterocycles. The van der Waals surface area contributed by atoms with Gasteiger partial charge < -0.3 is 15.0 Å². The predicted molar refractivity (Wildman–Crippen MR) is 117 cm³/mol. The number of rotatable bonds is 9. The van der Waals surface area contributed by atoms with Crippen LogP contribution in [0.4, 0.5) is 4.39 Å². The summed E-state index contributed by atoms with van der Waals surface area (Å²) in [6, 6.07) is 8.02. The molecule has 0 unspecified atom stereocenters. The minimum Gasteiger partial charge on any atom is -0.453 e. The topological polar surface area (TPSA) is 54.5 Å². The van der Waals surface area contributed by atoms with Gasteiger partial charge in [0.15, 0.2) is 11.6 Å². The molecule has 30 heavy (non-hydrogen) atoms. The smallest absolute Gasteiger partial charge is 0.243 e. The van der Waals surface area contributed by atoms with Crippen LogP contribution in [-0.2, 0) is 4.79 Å². The highest BCUT2D eigenvalue weighted by Crippen LogP contribution is 2.24. The minimum atomic E-state index is -0.492. The van der Waals surface area contributed by atoms with Crippen LogP contribution < -0.4 is 10.1 Å². The third kappa shape index (κ3) is 7.26. The van der Waals surface area contributed by atoms with Crippen LogP contribution in [0.1, 0.15) is 38.2 Å². The van der Waals surface area contributed by atoms with Crippen LogP contribution in [0.15, 0.2) is 48.8 Å². The Morgan fingerprint density at radius 1 is 1.30 bits per heavy atom. The number of carbonyl (C=O) groups is 1. The van der Waals surface area contributed by atoms with Crippen molar-refractivity contribution in [1.29, 1.82) is 0 Å². The first kappa shape index (κ1) is 22.0. The van der Waals surface area contributed by atoms with Gasteiger partial charge in [-0.25, -0.2) is 4.39 Å². The summed E-state index contributed by atoms with van der Waals surface area (Å²) in [5.41, 5.74) is 0.598. The molecule has 0 saturated carbocycles. The molecule has 5 nitrogen and oxygen atoms in total. The first-order valence-electron chi connectivity index (χ1n) is 10.7. The highest BCUT2D eigenvalue weighted by atomic mass is 19.1. The zero-order valence-electron chi connectivity index (χ0n) is 17.5. The lowest BCUT2D eigenvalue weighted by Crippen LogP contribution is -2.34. The molecule has 0 atom stereocenters. The fourth-order valence-corrected chi connectivity index (χ4v) is 3.43. The number of piperidine rings is 1. The van der Waals surface area contributed by atoms with Crippen molar-refractivity contribution in [2.75, 3.05) is 26.2 Å². The summed E-state index contributed by atoms with van der Waals surface area (Å²) in [5.74, 6) is 0.777. The van der Waals surface area contributed by atoms with Gasteiger partial charge in [0.25, 0.3) is 0 Å². The summed E-state index contributed by atoms with van der Waals surface area (Å²) in [6.45, 7) is 6.46. The average Bonchev–Trinajstić information content (AvgIpc) is 2.76. The molecule has 3 rings (SSSR count). The van der Waals surface area contributed by atoms with E-state index < -0.39 is 5.82 Å². The maximum absolute atomic E-state index is 14.2. The van der Waals surface area contributed by atoms with Crippen LogP contribution in [0.25, 0.3) is 6.08 Å². The van der Waals surface area contributed by atoms with Crippen LogP contribution in [-0.4, -0.2) is 42.0 Å². The van der Waals surface area contributed by atoms with Crippen LogP contribution in [0.3, 0.4) is 0 Å². The van der Waals surface area contributed by atoms with Crippen molar-refractivity contribution in [3.05, 3.63) is 60.2 Å². The first-order chi connectivity index (χ1) is 14.6. The lowest BCUT2D eigenvalue weighted by molar-refractivity contribution is -0.116. The Bertz CT molecular complexity index is 834. The summed E-state index contributed by atoms with van der Waals surface area (Å²) in [7, 11) is 0. The van der Waals surface area contributed by atoms with Crippen molar-refractivity contribution in [2.45, 2.75) is 32.6 Å². The Balaban J connectivity index is 1.36. The van der Waals surface area contributed by atoms with Gasteiger partial charge in [-0.3, -0.25) is 9.78 Å². The van der Waals surface area contributed by atoms with Crippen molar-refractivity contribution < 1.29 is 13.9 Å². The van der Waals surface area contributed by atoms with Crippen LogP contribution >= 0.6 is 0 Å². The Morgan fingerprint density at radius 2 is 2.13 bits per heavy atom. The van der Waals surface area contributed by atoms with Gasteiger partial charge in [0, 0.05) is 18.8 Å². The van der Waals surface area contributed by atoms with E-state index in [-0.39, 0.29) is 11.7 Å². The van der Waals surface area contributed by atoms with Crippen LogP contribution in [0, 0.1) is 11.7 Å². The number of nitrogens with zero attached hydrogens (tertiary/aromatic N) is 2. The number of benzene rings is 1. The highest BCUT2D eigenvalue weighted by molar-refractivity contribution is 5.91. The summed E-state index contributed by atoms with van der Waals surface area (Å²) in [5, 5.41) is 2.89. The van der Waals surface area contributed by atoms with E-state index in [1.54, 1.807) is 36.5 Å². The molecule has 2 heterocycles. The molecule has 1 aliphatic rings. The van der Waals surface area contributed by atoms with Crippen LogP contribution in [0.2, 0.25) is 0 Å². The second kappa shape index (κ2) is 11.5. The van der Waals surface area contributed by atoms with Crippen molar-refractivity contribution >= 4 is 12.0 Å². The summed E-state index contributed by atoms with van der Waals surface area (Å²) < 4.78 is 19.7. The molecule has 6 heteroatoms.